The van der Waals surface area contributed by atoms with Gasteiger partial charge in [0.15, 0.2) is 0 Å². The third-order valence-electron chi connectivity index (χ3n) is 3.01. The van der Waals surface area contributed by atoms with Crippen LogP contribution in [-0.4, -0.2) is 39.4 Å². The summed E-state index contributed by atoms with van der Waals surface area (Å²) in [6.45, 7) is 5.86. The number of rotatable bonds is 4. The molecular formula is C14H21NO4S. The lowest BCUT2D eigenvalue weighted by Crippen LogP contribution is -2.32. The van der Waals surface area contributed by atoms with Crippen LogP contribution in [0.3, 0.4) is 0 Å². The molecule has 0 saturated carbocycles. The summed E-state index contributed by atoms with van der Waals surface area (Å²) in [6.07, 6.45) is 0. The van der Waals surface area contributed by atoms with E-state index in [0.29, 0.717) is 0 Å². The Bertz CT molecular complexity index is 570. The molecular weight excluding hydrogens is 278 g/mol. The van der Waals surface area contributed by atoms with Crippen LogP contribution in [0.1, 0.15) is 26.3 Å². The fraction of sp³-hybridized carbons (Fsp3) is 0.500. The van der Waals surface area contributed by atoms with Crippen molar-refractivity contribution < 1.29 is 17.9 Å². The summed E-state index contributed by atoms with van der Waals surface area (Å²) >= 11 is 0. The minimum Gasteiger partial charge on any atom is -0.468 e. The molecule has 0 spiro atoms. The molecule has 0 aromatic heterocycles. The Balaban J connectivity index is 3.02. The summed E-state index contributed by atoms with van der Waals surface area (Å²) in [5, 5.41) is 0. The molecule has 6 heteroatoms. The number of ether oxygens (including phenoxy) is 1. The number of carbonyl (C=O) groups excluding carboxylic acids is 1. The number of sulfonamides is 1. The first-order valence-electron chi connectivity index (χ1n) is 6.22. The SMILES string of the molecule is COC(=O)CN(C)S(=O)(=O)c1ccc(C(C)(C)C)cc1. The Morgan fingerprint density at radius 3 is 2.10 bits per heavy atom. The summed E-state index contributed by atoms with van der Waals surface area (Å²) in [7, 11) is -1.10. The Hall–Kier alpha value is -1.40. The topological polar surface area (TPSA) is 63.7 Å². The van der Waals surface area contributed by atoms with E-state index in [1.165, 1.54) is 14.2 Å². The number of carbonyl (C=O) groups is 1. The number of likely N-dealkylation sites (N-methyl/N-ethyl adjacent to an activating group) is 1. The first-order chi connectivity index (χ1) is 9.09. The number of hydrogen-bond acceptors (Lipinski definition) is 4. The molecule has 0 fully saturated rings. The van der Waals surface area contributed by atoms with E-state index in [4.69, 9.17) is 0 Å². The molecule has 0 unspecified atom stereocenters. The highest BCUT2D eigenvalue weighted by Crippen LogP contribution is 2.24. The van der Waals surface area contributed by atoms with Gasteiger partial charge in [-0.3, -0.25) is 4.79 Å². The summed E-state index contributed by atoms with van der Waals surface area (Å²) < 4.78 is 30.0. The minimum atomic E-state index is -3.67. The Morgan fingerprint density at radius 2 is 1.70 bits per heavy atom. The molecule has 0 atom stereocenters. The average molecular weight is 299 g/mol. The number of hydrogen-bond donors (Lipinski definition) is 0. The van der Waals surface area contributed by atoms with Gasteiger partial charge in [0.1, 0.15) is 6.54 Å². The van der Waals surface area contributed by atoms with Crippen molar-refractivity contribution in [2.45, 2.75) is 31.1 Å². The summed E-state index contributed by atoms with van der Waals surface area (Å²) in [5.74, 6) is -0.595. The van der Waals surface area contributed by atoms with Crippen molar-refractivity contribution in [2.75, 3.05) is 20.7 Å². The fourth-order valence-corrected chi connectivity index (χ4v) is 2.75. The van der Waals surface area contributed by atoms with Gasteiger partial charge in [-0.05, 0) is 23.1 Å². The van der Waals surface area contributed by atoms with Gasteiger partial charge < -0.3 is 4.74 Å². The molecule has 1 rings (SSSR count). The monoisotopic (exact) mass is 299 g/mol. The van der Waals surface area contributed by atoms with Gasteiger partial charge in [0.25, 0.3) is 0 Å². The third kappa shape index (κ3) is 3.80. The third-order valence-corrected chi connectivity index (χ3v) is 4.83. The van der Waals surface area contributed by atoms with Crippen LogP contribution in [0.15, 0.2) is 29.2 Å². The maximum atomic E-state index is 12.3. The average Bonchev–Trinajstić information content (AvgIpc) is 2.37. The molecule has 0 amide bonds. The van der Waals surface area contributed by atoms with E-state index in [1.807, 2.05) is 0 Å². The van der Waals surface area contributed by atoms with Gasteiger partial charge in [0, 0.05) is 7.05 Å². The molecule has 0 N–H and O–H groups in total. The zero-order valence-corrected chi connectivity index (χ0v) is 13.3. The largest absolute Gasteiger partial charge is 0.468 e. The predicted molar refractivity (Wildman–Crippen MR) is 77.0 cm³/mol. The second-order valence-corrected chi connectivity index (χ2v) is 7.66. The van der Waals surface area contributed by atoms with Crippen LogP contribution in [-0.2, 0) is 25.0 Å². The molecule has 0 heterocycles. The normalized spacial score (nSPS) is 12.5. The van der Waals surface area contributed by atoms with Crippen molar-refractivity contribution in [2.24, 2.45) is 0 Å². The van der Waals surface area contributed by atoms with E-state index < -0.39 is 16.0 Å². The lowest BCUT2D eigenvalue weighted by atomic mass is 9.87. The van der Waals surface area contributed by atoms with Gasteiger partial charge in [-0.25, -0.2) is 8.42 Å². The van der Waals surface area contributed by atoms with Crippen molar-refractivity contribution >= 4 is 16.0 Å². The predicted octanol–water partition coefficient (Wildman–Crippen LogP) is 1.78. The van der Waals surface area contributed by atoms with Gasteiger partial charge in [-0.1, -0.05) is 32.9 Å². The zero-order chi connectivity index (χ0) is 15.6. The standard InChI is InChI=1S/C14H21NO4S/c1-14(2,3)11-6-8-12(9-7-11)20(17,18)15(4)10-13(16)19-5/h6-9H,10H2,1-5H3. The lowest BCUT2D eigenvalue weighted by molar-refractivity contribution is -0.140. The Labute approximate surface area is 120 Å². The lowest BCUT2D eigenvalue weighted by Gasteiger charge is -2.20. The van der Waals surface area contributed by atoms with Gasteiger partial charge in [-0.2, -0.15) is 4.31 Å². The zero-order valence-electron chi connectivity index (χ0n) is 12.5. The van der Waals surface area contributed by atoms with E-state index in [9.17, 15) is 13.2 Å². The summed E-state index contributed by atoms with van der Waals surface area (Å²) in [6, 6.07) is 6.70. The number of methoxy groups -OCH3 is 1. The van der Waals surface area contributed by atoms with Crippen LogP contribution < -0.4 is 0 Å². The van der Waals surface area contributed by atoms with Crippen LogP contribution in [0, 0.1) is 0 Å². The molecule has 1 aromatic carbocycles. The molecule has 20 heavy (non-hydrogen) atoms. The molecule has 5 nitrogen and oxygen atoms in total. The van der Waals surface area contributed by atoms with E-state index in [-0.39, 0.29) is 16.9 Å². The van der Waals surface area contributed by atoms with E-state index in [0.717, 1.165) is 9.87 Å². The first kappa shape index (κ1) is 16.7. The van der Waals surface area contributed by atoms with E-state index in [2.05, 4.69) is 25.5 Å². The van der Waals surface area contributed by atoms with Crippen molar-refractivity contribution in [3.8, 4) is 0 Å². The number of nitrogens with zero attached hydrogens (tertiary/aromatic N) is 1. The highest BCUT2D eigenvalue weighted by molar-refractivity contribution is 7.89. The highest BCUT2D eigenvalue weighted by atomic mass is 32.2. The molecule has 0 aliphatic heterocycles. The minimum absolute atomic E-state index is 0.0415. The van der Waals surface area contributed by atoms with Crippen LogP contribution in [0.4, 0.5) is 0 Å². The molecule has 0 bridgehead atoms. The van der Waals surface area contributed by atoms with Gasteiger partial charge in [0.05, 0.1) is 12.0 Å². The van der Waals surface area contributed by atoms with E-state index in [1.54, 1.807) is 24.3 Å². The molecule has 0 saturated heterocycles. The maximum absolute atomic E-state index is 12.3. The molecule has 0 aliphatic rings. The van der Waals surface area contributed by atoms with Crippen LogP contribution in [0.25, 0.3) is 0 Å². The molecule has 1 aromatic rings. The van der Waals surface area contributed by atoms with Crippen LogP contribution >= 0.6 is 0 Å². The van der Waals surface area contributed by atoms with E-state index >= 15 is 0 Å². The Morgan fingerprint density at radius 1 is 1.20 bits per heavy atom. The molecule has 0 aliphatic carbocycles. The quantitative estimate of drug-likeness (QED) is 0.795. The van der Waals surface area contributed by atoms with Crippen molar-refractivity contribution in [3.63, 3.8) is 0 Å². The summed E-state index contributed by atoms with van der Waals surface area (Å²) in [4.78, 5) is 11.3. The molecule has 0 radical (unpaired) electrons. The maximum Gasteiger partial charge on any atom is 0.321 e. The van der Waals surface area contributed by atoms with Crippen molar-refractivity contribution in [3.05, 3.63) is 29.8 Å². The number of esters is 1. The second kappa shape index (κ2) is 5.93. The second-order valence-electron chi connectivity index (χ2n) is 5.61. The van der Waals surface area contributed by atoms with Crippen LogP contribution in [0.2, 0.25) is 0 Å². The summed E-state index contributed by atoms with van der Waals surface area (Å²) in [5.41, 5.74) is 1.01. The van der Waals surface area contributed by atoms with Crippen molar-refractivity contribution in [1.29, 1.82) is 0 Å². The van der Waals surface area contributed by atoms with Crippen molar-refractivity contribution in [1.82, 2.24) is 4.31 Å². The highest BCUT2D eigenvalue weighted by Gasteiger charge is 2.24. The Kier molecular flexibility index (Phi) is 4.94. The smallest absolute Gasteiger partial charge is 0.321 e. The first-order valence-corrected chi connectivity index (χ1v) is 7.66. The fourth-order valence-electron chi connectivity index (χ4n) is 1.64. The van der Waals surface area contributed by atoms with Gasteiger partial charge in [-0.15, -0.1) is 0 Å². The number of benzene rings is 1. The van der Waals surface area contributed by atoms with Gasteiger partial charge in [0.2, 0.25) is 10.0 Å². The molecule has 112 valence electrons. The van der Waals surface area contributed by atoms with Crippen LogP contribution in [0.5, 0.6) is 0 Å². The van der Waals surface area contributed by atoms with Gasteiger partial charge >= 0.3 is 5.97 Å².